The highest BCUT2D eigenvalue weighted by atomic mass is 16.5. The van der Waals surface area contributed by atoms with E-state index in [0.29, 0.717) is 6.54 Å². The van der Waals surface area contributed by atoms with Crippen LogP contribution in [-0.2, 0) is 16.1 Å². The first-order valence-corrected chi connectivity index (χ1v) is 4.43. The van der Waals surface area contributed by atoms with E-state index >= 15 is 0 Å². The molecule has 0 aliphatic heterocycles. The van der Waals surface area contributed by atoms with Gasteiger partial charge in [0.15, 0.2) is 0 Å². The van der Waals surface area contributed by atoms with Crippen LogP contribution in [0, 0.1) is 0 Å². The highest BCUT2D eigenvalue weighted by Gasteiger charge is 2.02. The van der Waals surface area contributed by atoms with E-state index in [0.717, 1.165) is 11.1 Å². The van der Waals surface area contributed by atoms with Crippen LogP contribution in [0.1, 0.15) is 24.2 Å². The molecule has 0 saturated carbocycles. The molecule has 0 amide bonds. The predicted octanol–water partition coefficient (Wildman–Crippen LogP) is 2.23. The topological polar surface area (TPSA) is 38.7 Å². The third kappa shape index (κ3) is 2.80. The standard InChI is InChI=1S/C11H13NO2/c1-9(14-2)11-5-3-10(4-6-11)7-12-8-13/h3-6,9H,7H2,1-2H3. The summed E-state index contributed by atoms with van der Waals surface area (Å²) in [4.78, 5) is 13.4. The van der Waals surface area contributed by atoms with E-state index in [1.807, 2.05) is 31.2 Å². The van der Waals surface area contributed by atoms with Gasteiger partial charge in [0.05, 0.1) is 12.6 Å². The zero-order valence-corrected chi connectivity index (χ0v) is 8.36. The summed E-state index contributed by atoms with van der Waals surface area (Å²) in [6, 6.07) is 7.82. The Labute approximate surface area is 83.4 Å². The summed E-state index contributed by atoms with van der Waals surface area (Å²) >= 11 is 0. The van der Waals surface area contributed by atoms with Crippen LogP contribution in [0.2, 0.25) is 0 Å². The molecule has 0 aliphatic rings. The molecule has 1 aromatic carbocycles. The highest BCUT2D eigenvalue weighted by molar-refractivity contribution is 5.34. The van der Waals surface area contributed by atoms with Gasteiger partial charge in [0.2, 0.25) is 6.08 Å². The zero-order valence-electron chi connectivity index (χ0n) is 8.36. The van der Waals surface area contributed by atoms with E-state index in [9.17, 15) is 4.79 Å². The summed E-state index contributed by atoms with van der Waals surface area (Å²) in [5.41, 5.74) is 2.12. The van der Waals surface area contributed by atoms with Crippen LogP contribution in [0.4, 0.5) is 0 Å². The molecule has 14 heavy (non-hydrogen) atoms. The predicted molar refractivity (Wildman–Crippen MR) is 53.7 cm³/mol. The van der Waals surface area contributed by atoms with Crippen molar-refractivity contribution in [2.45, 2.75) is 19.6 Å². The SMILES string of the molecule is COC(C)c1ccc(CN=C=O)cc1. The van der Waals surface area contributed by atoms with E-state index in [1.54, 1.807) is 7.11 Å². The molecule has 0 radical (unpaired) electrons. The molecule has 0 heterocycles. The number of aliphatic imine (C=N–C) groups is 1. The van der Waals surface area contributed by atoms with Gasteiger partial charge in [-0.25, -0.2) is 9.79 Å². The van der Waals surface area contributed by atoms with Crippen molar-refractivity contribution in [1.82, 2.24) is 0 Å². The van der Waals surface area contributed by atoms with Gasteiger partial charge in [-0.1, -0.05) is 24.3 Å². The van der Waals surface area contributed by atoms with Crippen molar-refractivity contribution in [3.8, 4) is 0 Å². The normalized spacial score (nSPS) is 11.9. The van der Waals surface area contributed by atoms with Gasteiger partial charge in [-0.3, -0.25) is 0 Å². The molecule has 1 atom stereocenters. The Balaban J connectivity index is 2.72. The smallest absolute Gasteiger partial charge is 0.235 e. The van der Waals surface area contributed by atoms with Gasteiger partial charge in [0.25, 0.3) is 0 Å². The molecule has 3 nitrogen and oxygen atoms in total. The first kappa shape index (κ1) is 10.6. The fraction of sp³-hybridized carbons (Fsp3) is 0.364. The number of benzene rings is 1. The second-order valence-corrected chi connectivity index (χ2v) is 3.03. The van der Waals surface area contributed by atoms with Gasteiger partial charge < -0.3 is 4.74 Å². The molecule has 1 aromatic rings. The number of hydrogen-bond acceptors (Lipinski definition) is 3. The van der Waals surface area contributed by atoms with Gasteiger partial charge in [-0.15, -0.1) is 0 Å². The van der Waals surface area contributed by atoms with E-state index < -0.39 is 0 Å². The Kier molecular flexibility index (Phi) is 4.05. The Morgan fingerprint density at radius 1 is 1.43 bits per heavy atom. The zero-order chi connectivity index (χ0) is 10.4. The van der Waals surface area contributed by atoms with Gasteiger partial charge in [-0.05, 0) is 18.1 Å². The summed E-state index contributed by atoms with van der Waals surface area (Å²) < 4.78 is 5.17. The number of rotatable bonds is 4. The molecule has 74 valence electrons. The van der Waals surface area contributed by atoms with E-state index in [-0.39, 0.29) is 6.10 Å². The first-order valence-electron chi connectivity index (χ1n) is 4.43. The summed E-state index contributed by atoms with van der Waals surface area (Å²) in [6.45, 7) is 2.38. The number of ether oxygens (including phenoxy) is 1. The van der Waals surface area contributed by atoms with Crippen molar-refractivity contribution in [2.24, 2.45) is 4.99 Å². The van der Waals surface area contributed by atoms with Crippen molar-refractivity contribution in [3.05, 3.63) is 35.4 Å². The molecular weight excluding hydrogens is 178 g/mol. The molecule has 0 saturated heterocycles. The average Bonchev–Trinajstić information content (AvgIpc) is 2.26. The molecular formula is C11H13NO2. The number of methoxy groups -OCH3 is 1. The summed E-state index contributed by atoms with van der Waals surface area (Å²) in [7, 11) is 1.68. The maximum absolute atomic E-state index is 9.89. The van der Waals surface area contributed by atoms with E-state index in [1.165, 1.54) is 6.08 Å². The van der Waals surface area contributed by atoms with E-state index in [4.69, 9.17) is 4.74 Å². The van der Waals surface area contributed by atoms with Crippen LogP contribution in [0.5, 0.6) is 0 Å². The average molecular weight is 191 g/mol. The van der Waals surface area contributed by atoms with Crippen LogP contribution in [-0.4, -0.2) is 13.2 Å². The van der Waals surface area contributed by atoms with Crippen molar-refractivity contribution < 1.29 is 9.53 Å². The summed E-state index contributed by atoms with van der Waals surface area (Å²) in [6.07, 6.45) is 1.61. The molecule has 1 unspecified atom stereocenters. The third-order valence-corrected chi connectivity index (χ3v) is 2.13. The number of isocyanates is 1. The highest BCUT2D eigenvalue weighted by Crippen LogP contribution is 2.16. The molecule has 0 aromatic heterocycles. The second kappa shape index (κ2) is 5.32. The van der Waals surface area contributed by atoms with Crippen LogP contribution >= 0.6 is 0 Å². The lowest BCUT2D eigenvalue weighted by molar-refractivity contribution is 0.119. The van der Waals surface area contributed by atoms with Crippen molar-refractivity contribution in [1.29, 1.82) is 0 Å². The maximum atomic E-state index is 9.89. The molecule has 0 spiro atoms. The van der Waals surface area contributed by atoms with Crippen LogP contribution < -0.4 is 0 Å². The minimum atomic E-state index is 0.0959. The Morgan fingerprint density at radius 2 is 2.07 bits per heavy atom. The number of hydrogen-bond donors (Lipinski definition) is 0. The fourth-order valence-electron chi connectivity index (χ4n) is 1.15. The van der Waals surface area contributed by atoms with E-state index in [2.05, 4.69) is 4.99 Å². The molecule has 3 heteroatoms. The second-order valence-electron chi connectivity index (χ2n) is 3.03. The fourth-order valence-corrected chi connectivity index (χ4v) is 1.15. The van der Waals surface area contributed by atoms with Gasteiger partial charge in [0.1, 0.15) is 0 Å². The molecule has 0 N–H and O–H groups in total. The quantitative estimate of drug-likeness (QED) is 0.540. The molecule has 0 bridgehead atoms. The van der Waals surface area contributed by atoms with Crippen LogP contribution in [0.3, 0.4) is 0 Å². The lowest BCUT2D eigenvalue weighted by Crippen LogP contribution is -1.95. The number of nitrogens with zero attached hydrogens (tertiary/aromatic N) is 1. The summed E-state index contributed by atoms with van der Waals surface area (Å²) in [5.74, 6) is 0. The van der Waals surface area contributed by atoms with Crippen molar-refractivity contribution in [3.63, 3.8) is 0 Å². The Bertz CT molecular complexity index is 326. The largest absolute Gasteiger partial charge is 0.377 e. The molecule has 0 aliphatic carbocycles. The lowest BCUT2D eigenvalue weighted by Gasteiger charge is -2.09. The van der Waals surface area contributed by atoms with Crippen molar-refractivity contribution >= 4 is 6.08 Å². The molecule has 0 fully saturated rings. The Hall–Kier alpha value is -1.44. The van der Waals surface area contributed by atoms with Gasteiger partial charge in [-0.2, -0.15) is 0 Å². The Morgan fingerprint density at radius 3 is 2.57 bits per heavy atom. The lowest BCUT2D eigenvalue weighted by atomic mass is 10.1. The third-order valence-electron chi connectivity index (χ3n) is 2.13. The van der Waals surface area contributed by atoms with Gasteiger partial charge in [0, 0.05) is 7.11 Å². The number of carbonyl (C=O) groups excluding carboxylic acids is 1. The van der Waals surface area contributed by atoms with Crippen LogP contribution in [0.15, 0.2) is 29.3 Å². The minimum Gasteiger partial charge on any atom is -0.377 e. The van der Waals surface area contributed by atoms with Crippen LogP contribution in [0.25, 0.3) is 0 Å². The maximum Gasteiger partial charge on any atom is 0.235 e. The summed E-state index contributed by atoms with van der Waals surface area (Å²) in [5, 5.41) is 0. The van der Waals surface area contributed by atoms with Gasteiger partial charge >= 0.3 is 0 Å². The monoisotopic (exact) mass is 191 g/mol. The molecule has 1 rings (SSSR count). The minimum absolute atomic E-state index is 0.0959. The first-order chi connectivity index (χ1) is 6.77. The van der Waals surface area contributed by atoms with Crippen molar-refractivity contribution in [2.75, 3.05) is 7.11 Å².